The SMILES string of the molecule is Cc1ccc(COc2cccc(OCc3ccc(C)cc3)c2O)cc1. The lowest BCUT2D eigenvalue weighted by molar-refractivity contribution is 0.263. The van der Waals surface area contributed by atoms with E-state index in [1.54, 1.807) is 12.1 Å². The molecule has 0 aliphatic rings. The first-order chi connectivity index (χ1) is 12.1. The summed E-state index contributed by atoms with van der Waals surface area (Å²) < 4.78 is 11.5. The monoisotopic (exact) mass is 334 g/mol. The van der Waals surface area contributed by atoms with Gasteiger partial charge in [-0.15, -0.1) is 0 Å². The zero-order valence-electron chi connectivity index (χ0n) is 14.5. The maximum Gasteiger partial charge on any atom is 0.200 e. The second-order valence-corrected chi connectivity index (χ2v) is 6.15. The summed E-state index contributed by atoms with van der Waals surface area (Å²) in [6, 6.07) is 21.5. The third-order valence-electron chi connectivity index (χ3n) is 3.99. The van der Waals surface area contributed by atoms with Crippen molar-refractivity contribution in [3.8, 4) is 17.2 Å². The Bertz CT molecular complexity index is 753. The Labute approximate surface area is 148 Å². The van der Waals surface area contributed by atoms with Gasteiger partial charge in [0.15, 0.2) is 11.5 Å². The molecule has 3 aromatic rings. The molecule has 0 amide bonds. The number of ether oxygens (including phenoxy) is 2. The number of phenols is 1. The number of hydrogen-bond donors (Lipinski definition) is 1. The number of aryl methyl sites for hydroxylation is 2. The van der Waals surface area contributed by atoms with Gasteiger partial charge in [0, 0.05) is 0 Å². The molecule has 3 heteroatoms. The topological polar surface area (TPSA) is 38.7 Å². The standard InChI is InChI=1S/C22H22O3/c1-16-6-10-18(11-7-16)14-24-20-4-3-5-21(22(20)23)25-15-19-12-8-17(2)9-13-19/h3-13,23H,14-15H2,1-2H3. The maximum atomic E-state index is 10.4. The van der Waals surface area contributed by atoms with Crippen LogP contribution in [-0.4, -0.2) is 5.11 Å². The third kappa shape index (κ3) is 4.54. The highest BCUT2D eigenvalue weighted by atomic mass is 16.5. The Morgan fingerprint density at radius 2 is 1.04 bits per heavy atom. The van der Waals surface area contributed by atoms with Crippen LogP contribution >= 0.6 is 0 Å². The average molecular weight is 334 g/mol. The lowest BCUT2D eigenvalue weighted by atomic mass is 10.2. The average Bonchev–Trinajstić information content (AvgIpc) is 2.62. The number of para-hydroxylation sites is 1. The van der Waals surface area contributed by atoms with Crippen LogP contribution in [0.3, 0.4) is 0 Å². The van der Waals surface area contributed by atoms with Gasteiger partial charge in [-0.25, -0.2) is 0 Å². The Morgan fingerprint density at radius 1 is 0.640 bits per heavy atom. The molecule has 0 atom stereocenters. The molecular formula is C22H22O3. The molecule has 0 saturated heterocycles. The van der Waals surface area contributed by atoms with E-state index in [1.165, 1.54) is 11.1 Å². The number of phenolic OH excluding ortho intramolecular Hbond substituents is 1. The zero-order valence-corrected chi connectivity index (χ0v) is 14.5. The number of rotatable bonds is 6. The van der Waals surface area contributed by atoms with Gasteiger partial charge in [-0.1, -0.05) is 65.7 Å². The van der Waals surface area contributed by atoms with Crippen molar-refractivity contribution < 1.29 is 14.6 Å². The molecule has 0 radical (unpaired) electrons. The molecule has 3 aromatic carbocycles. The molecule has 3 rings (SSSR count). The number of aromatic hydroxyl groups is 1. The smallest absolute Gasteiger partial charge is 0.200 e. The van der Waals surface area contributed by atoms with Gasteiger partial charge in [-0.2, -0.15) is 0 Å². The van der Waals surface area contributed by atoms with Crippen LogP contribution in [-0.2, 0) is 13.2 Å². The van der Waals surface area contributed by atoms with Crippen molar-refractivity contribution in [2.24, 2.45) is 0 Å². The van der Waals surface area contributed by atoms with Crippen LogP contribution in [0.5, 0.6) is 17.2 Å². The summed E-state index contributed by atoms with van der Waals surface area (Å²) >= 11 is 0. The summed E-state index contributed by atoms with van der Waals surface area (Å²) in [5, 5.41) is 10.4. The largest absolute Gasteiger partial charge is 0.502 e. The van der Waals surface area contributed by atoms with Crippen LogP contribution in [0.2, 0.25) is 0 Å². The minimum absolute atomic E-state index is 0.0294. The molecule has 0 fully saturated rings. The summed E-state index contributed by atoms with van der Waals surface area (Å²) in [4.78, 5) is 0. The van der Waals surface area contributed by atoms with Crippen molar-refractivity contribution in [2.45, 2.75) is 27.1 Å². The summed E-state index contributed by atoms with van der Waals surface area (Å²) in [6.45, 7) is 4.89. The van der Waals surface area contributed by atoms with Gasteiger partial charge in [-0.3, -0.25) is 0 Å². The van der Waals surface area contributed by atoms with E-state index in [1.807, 2.05) is 68.4 Å². The fraction of sp³-hybridized carbons (Fsp3) is 0.182. The third-order valence-corrected chi connectivity index (χ3v) is 3.99. The second-order valence-electron chi connectivity index (χ2n) is 6.15. The van der Waals surface area contributed by atoms with Gasteiger partial charge in [0.25, 0.3) is 0 Å². The highest BCUT2D eigenvalue weighted by Crippen LogP contribution is 2.36. The van der Waals surface area contributed by atoms with E-state index in [9.17, 15) is 5.11 Å². The molecule has 25 heavy (non-hydrogen) atoms. The highest BCUT2D eigenvalue weighted by Gasteiger charge is 2.10. The number of benzene rings is 3. The van der Waals surface area contributed by atoms with Crippen molar-refractivity contribution in [3.63, 3.8) is 0 Å². The Balaban J connectivity index is 1.64. The quantitative estimate of drug-likeness (QED) is 0.676. The normalized spacial score (nSPS) is 10.5. The van der Waals surface area contributed by atoms with Gasteiger partial charge in [0.2, 0.25) is 5.75 Å². The van der Waals surface area contributed by atoms with Crippen LogP contribution in [0.15, 0.2) is 66.7 Å². The van der Waals surface area contributed by atoms with Crippen molar-refractivity contribution in [1.82, 2.24) is 0 Å². The fourth-order valence-corrected chi connectivity index (χ4v) is 2.43. The maximum absolute atomic E-state index is 10.4. The summed E-state index contributed by atoms with van der Waals surface area (Å²) in [5.41, 5.74) is 4.52. The molecule has 128 valence electrons. The van der Waals surface area contributed by atoms with Crippen molar-refractivity contribution in [3.05, 3.63) is 89.0 Å². The van der Waals surface area contributed by atoms with Gasteiger partial charge < -0.3 is 14.6 Å². The van der Waals surface area contributed by atoms with E-state index < -0.39 is 0 Å². The molecule has 0 unspecified atom stereocenters. The highest BCUT2D eigenvalue weighted by molar-refractivity contribution is 5.50. The Hall–Kier alpha value is -2.94. The van der Waals surface area contributed by atoms with Crippen molar-refractivity contribution in [1.29, 1.82) is 0 Å². The molecule has 0 aliphatic carbocycles. The van der Waals surface area contributed by atoms with E-state index >= 15 is 0 Å². The van der Waals surface area contributed by atoms with E-state index in [0.29, 0.717) is 24.7 Å². The van der Waals surface area contributed by atoms with Crippen LogP contribution in [0.4, 0.5) is 0 Å². The fourth-order valence-electron chi connectivity index (χ4n) is 2.43. The first-order valence-corrected chi connectivity index (χ1v) is 8.30. The van der Waals surface area contributed by atoms with Crippen LogP contribution in [0.25, 0.3) is 0 Å². The molecule has 3 nitrogen and oxygen atoms in total. The molecule has 0 heterocycles. The van der Waals surface area contributed by atoms with E-state index in [-0.39, 0.29) is 5.75 Å². The first kappa shape index (κ1) is 16.9. The molecule has 0 spiro atoms. The van der Waals surface area contributed by atoms with Crippen LogP contribution < -0.4 is 9.47 Å². The van der Waals surface area contributed by atoms with E-state index in [4.69, 9.17) is 9.47 Å². The Morgan fingerprint density at radius 3 is 1.44 bits per heavy atom. The minimum Gasteiger partial charge on any atom is -0.502 e. The molecular weight excluding hydrogens is 312 g/mol. The molecule has 0 saturated carbocycles. The Kier molecular flexibility index (Phi) is 5.24. The van der Waals surface area contributed by atoms with Crippen molar-refractivity contribution in [2.75, 3.05) is 0 Å². The summed E-state index contributed by atoms with van der Waals surface area (Å²) in [5.74, 6) is 0.866. The lowest BCUT2D eigenvalue weighted by Gasteiger charge is -2.13. The zero-order chi connectivity index (χ0) is 17.6. The minimum atomic E-state index is 0.0294. The molecule has 0 aliphatic heterocycles. The van der Waals surface area contributed by atoms with E-state index in [0.717, 1.165) is 11.1 Å². The van der Waals surface area contributed by atoms with Crippen LogP contribution in [0, 0.1) is 13.8 Å². The summed E-state index contributed by atoms with van der Waals surface area (Å²) in [6.07, 6.45) is 0. The first-order valence-electron chi connectivity index (χ1n) is 8.30. The van der Waals surface area contributed by atoms with Gasteiger partial charge >= 0.3 is 0 Å². The predicted octanol–water partition coefficient (Wildman–Crippen LogP) is 5.17. The van der Waals surface area contributed by atoms with E-state index in [2.05, 4.69) is 0 Å². The molecule has 0 aromatic heterocycles. The lowest BCUT2D eigenvalue weighted by Crippen LogP contribution is -1.98. The predicted molar refractivity (Wildman–Crippen MR) is 99.1 cm³/mol. The van der Waals surface area contributed by atoms with Crippen molar-refractivity contribution >= 4 is 0 Å². The molecule has 0 bridgehead atoms. The van der Waals surface area contributed by atoms with Gasteiger partial charge in [0.05, 0.1) is 0 Å². The second kappa shape index (κ2) is 7.75. The van der Waals surface area contributed by atoms with Gasteiger partial charge in [0.1, 0.15) is 13.2 Å². The summed E-state index contributed by atoms with van der Waals surface area (Å²) in [7, 11) is 0. The molecule has 1 N–H and O–H groups in total. The number of hydrogen-bond acceptors (Lipinski definition) is 3. The van der Waals surface area contributed by atoms with Gasteiger partial charge in [-0.05, 0) is 37.1 Å². The van der Waals surface area contributed by atoms with Crippen LogP contribution in [0.1, 0.15) is 22.3 Å².